The largest absolute Gasteiger partial charge is 0.388 e. The van der Waals surface area contributed by atoms with Crippen molar-refractivity contribution in [3.8, 4) is 0 Å². The number of aromatic nitrogens is 2. The van der Waals surface area contributed by atoms with Crippen molar-refractivity contribution in [2.75, 3.05) is 6.54 Å². The van der Waals surface area contributed by atoms with Crippen molar-refractivity contribution < 1.29 is 43.5 Å². The van der Waals surface area contributed by atoms with Crippen molar-refractivity contribution >= 4 is 20.8 Å². The van der Waals surface area contributed by atoms with Gasteiger partial charge in [-0.1, -0.05) is 6.07 Å². The summed E-state index contributed by atoms with van der Waals surface area (Å²) in [4.78, 5) is 37.2. The van der Waals surface area contributed by atoms with Crippen LogP contribution < -0.4 is 10.3 Å². The number of nitrogens with zero attached hydrogens (tertiary/aromatic N) is 2. The summed E-state index contributed by atoms with van der Waals surface area (Å²) in [6.45, 7) is 0.0235. The SMILES string of the molecule is NCC(O)C[n+]1cc(CC(O)(P(=O)(O)O)P(=O)(O)O)n2ccccc21. The summed E-state index contributed by atoms with van der Waals surface area (Å²) in [6.07, 6.45) is 0.935. The van der Waals surface area contributed by atoms with E-state index in [2.05, 4.69) is 0 Å². The molecule has 1 atom stereocenters. The van der Waals surface area contributed by atoms with Gasteiger partial charge < -0.3 is 35.5 Å². The third kappa shape index (κ3) is 3.85. The van der Waals surface area contributed by atoms with E-state index in [1.165, 1.54) is 21.4 Å². The van der Waals surface area contributed by atoms with Crippen molar-refractivity contribution in [2.45, 2.75) is 24.2 Å². The van der Waals surface area contributed by atoms with Gasteiger partial charge in [0.1, 0.15) is 18.8 Å². The molecule has 0 aliphatic carbocycles. The molecule has 0 aliphatic rings. The Hall–Kier alpha value is -1.13. The minimum absolute atomic E-state index is 0.0264. The molecule has 11 nitrogen and oxygen atoms in total. The van der Waals surface area contributed by atoms with Crippen LogP contribution in [0.1, 0.15) is 5.69 Å². The monoisotopic (exact) mass is 396 g/mol. The van der Waals surface area contributed by atoms with Crippen LogP contribution in [0.3, 0.4) is 0 Å². The van der Waals surface area contributed by atoms with Gasteiger partial charge in [0.25, 0.3) is 10.7 Å². The van der Waals surface area contributed by atoms with Gasteiger partial charge in [0.15, 0.2) is 5.69 Å². The molecule has 2 heterocycles. The Kier molecular flexibility index (Phi) is 5.56. The lowest BCUT2D eigenvalue weighted by atomic mass is 10.3. The van der Waals surface area contributed by atoms with Gasteiger partial charge in [0.2, 0.25) is 0 Å². The number of hydrogen-bond donors (Lipinski definition) is 7. The van der Waals surface area contributed by atoms with E-state index in [1.54, 1.807) is 18.2 Å². The van der Waals surface area contributed by atoms with Crippen LogP contribution in [0.25, 0.3) is 5.65 Å². The molecule has 2 aromatic heterocycles. The zero-order valence-corrected chi connectivity index (χ0v) is 14.7. The van der Waals surface area contributed by atoms with Crippen LogP contribution in [-0.2, 0) is 22.1 Å². The van der Waals surface area contributed by atoms with Crippen LogP contribution in [-0.4, -0.2) is 51.9 Å². The van der Waals surface area contributed by atoms with Crippen LogP contribution in [0.4, 0.5) is 0 Å². The normalized spacial score (nSPS) is 14.8. The zero-order valence-electron chi connectivity index (χ0n) is 13.0. The number of hydrogen-bond acceptors (Lipinski definition) is 5. The van der Waals surface area contributed by atoms with E-state index >= 15 is 0 Å². The number of aliphatic hydroxyl groups is 2. The van der Waals surface area contributed by atoms with Crippen molar-refractivity contribution in [2.24, 2.45) is 5.73 Å². The maximum atomic E-state index is 11.6. The maximum Gasteiger partial charge on any atom is 0.369 e. The minimum Gasteiger partial charge on any atom is -0.388 e. The van der Waals surface area contributed by atoms with Crippen LogP contribution in [0, 0.1) is 0 Å². The van der Waals surface area contributed by atoms with Crippen molar-refractivity contribution in [1.29, 1.82) is 0 Å². The fraction of sp³-hybridized carbons (Fsp3) is 0.417. The molecular formula is C12H20N3O8P2+. The smallest absolute Gasteiger partial charge is 0.369 e. The highest BCUT2D eigenvalue weighted by Gasteiger charge is 2.60. The van der Waals surface area contributed by atoms with Gasteiger partial charge in [-0.3, -0.25) is 9.13 Å². The van der Waals surface area contributed by atoms with Crippen LogP contribution in [0.2, 0.25) is 0 Å². The summed E-state index contributed by atoms with van der Waals surface area (Å²) >= 11 is 0. The topological polar surface area (TPSA) is 190 Å². The Morgan fingerprint density at radius 1 is 1.20 bits per heavy atom. The Morgan fingerprint density at radius 3 is 2.32 bits per heavy atom. The standard InChI is InChI=1S/C12H19N3O8P2/c13-6-10(16)8-14-7-9(15-4-2-1-3-11(14)15)5-12(17,24(18,19)20)25(21,22)23/h1-4,7,10,16-17H,5-6,8,13H2,(H3-,18,19,20,21,22,23)/p+1. The Bertz CT molecular complexity index is 835. The molecule has 0 bridgehead atoms. The molecule has 0 radical (unpaired) electrons. The number of aliphatic hydroxyl groups excluding tert-OH is 1. The van der Waals surface area contributed by atoms with Gasteiger partial charge in [0, 0.05) is 12.6 Å². The molecule has 0 aromatic carbocycles. The molecule has 2 rings (SSSR count). The van der Waals surface area contributed by atoms with Gasteiger partial charge in [0.05, 0.1) is 12.6 Å². The summed E-state index contributed by atoms with van der Waals surface area (Å²) in [5.74, 6) is 0. The molecule has 0 saturated heterocycles. The maximum absolute atomic E-state index is 11.6. The summed E-state index contributed by atoms with van der Waals surface area (Å²) in [7, 11) is -11.2. The van der Waals surface area contributed by atoms with E-state index in [-0.39, 0.29) is 18.8 Å². The third-order valence-corrected chi connectivity index (χ3v) is 7.52. The van der Waals surface area contributed by atoms with Gasteiger partial charge in [-0.15, -0.1) is 0 Å². The average Bonchev–Trinajstić information content (AvgIpc) is 2.83. The third-order valence-electron chi connectivity index (χ3n) is 3.78. The second-order valence-electron chi connectivity index (χ2n) is 5.63. The molecular weight excluding hydrogens is 376 g/mol. The van der Waals surface area contributed by atoms with Gasteiger partial charge in [-0.2, -0.15) is 4.40 Å². The zero-order chi connectivity index (χ0) is 19.0. The fourth-order valence-electron chi connectivity index (χ4n) is 2.42. The highest BCUT2D eigenvalue weighted by atomic mass is 31.2. The second-order valence-corrected chi connectivity index (χ2v) is 9.64. The van der Waals surface area contributed by atoms with E-state index in [1.807, 2.05) is 0 Å². The first kappa shape index (κ1) is 20.2. The number of fused-ring (bicyclic) bond motifs is 1. The summed E-state index contributed by atoms with van der Waals surface area (Å²) < 4.78 is 26.0. The highest BCUT2D eigenvalue weighted by molar-refractivity contribution is 7.72. The molecule has 0 saturated carbocycles. The molecule has 1 unspecified atom stereocenters. The fourth-order valence-corrected chi connectivity index (χ4v) is 4.51. The Labute approximate surface area is 142 Å². The summed E-state index contributed by atoms with van der Waals surface area (Å²) in [5, 5.41) is 16.3. The molecule has 2 aromatic rings. The van der Waals surface area contributed by atoms with E-state index in [9.17, 15) is 38.9 Å². The van der Waals surface area contributed by atoms with Crippen molar-refractivity contribution in [3.05, 3.63) is 36.3 Å². The van der Waals surface area contributed by atoms with E-state index in [0.717, 1.165) is 0 Å². The van der Waals surface area contributed by atoms with Crippen molar-refractivity contribution in [1.82, 2.24) is 4.40 Å². The molecule has 8 N–H and O–H groups in total. The lowest BCUT2D eigenvalue weighted by molar-refractivity contribution is -0.678. The van der Waals surface area contributed by atoms with Gasteiger partial charge in [-0.25, -0.2) is 4.57 Å². The number of imidazole rings is 1. The average molecular weight is 396 g/mol. The summed E-state index contributed by atoms with van der Waals surface area (Å²) in [5.41, 5.74) is 5.88. The van der Waals surface area contributed by atoms with Crippen LogP contribution in [0.15, 0.2) is 30.6 Å². The van der Waals surface area contributed by atoms with Crippen molar-refractivity contribution in [3.63, 3.8) is 0 Å². The lowest BCUT2D eigenvalue weighted by Crippen LogP contribution is -2.41. The molecule has 0 aliphatic heterocycles. The Morgan fingerprint density at radius 2 is 1.80 bits per heavy atom. The molecule has 25 heavy (non-hydrogen) atoms. The second kappa shape index (κ2) is 6.88. The van der Waals surface area contributed by atoms with Gasteiger partial charge >= 0.3 is 15.2 Å². The first-order chi connectivity index (χ1) is 11.4. The summed E-state index contributed by atoms with van der Waals surface area (Å²) in [6, 6.07) is 4.89. The van der Waals surface area contributed by atoms with E-state index < -0.39 is 32.8 Å². The molecule has 0 amide bonds. The quantitative estimate of drug-likeness (QED) is 0.207. The number of rotatable bonds is 7. The minimum atomic E-state index is -5.58. The first-order valence-corrected chi connectivity index (χ1v) is 10.3. The van der Waals surface area contributed by atoms with Crippen LogP contribution in [0.5, 0.6) is 0 Å². The Balaban J connectivity index is 2.58. The highest BCUT2D eigenvalue weighted by Crippen LogP contribution is 2.68. The van der Waals surface area contributed by atoms with E-state index in [4.69, 9.17) is 5.73 Å². The molecule has 0 fully saturated rings. The molecule has 140 valence electrons. The molecule has 0 spiro atoms. The van der Waals surface area contributed by atoms with Crippen LogP contribution >= 0.6 is 15.2 Å². The van der Waals surface area contributed by atoms with Gasteiger partial charge in [-0.05, 0) is 6.07 Å². The number of nitrogens with two attached hydrogens (primary N) is 1. The lowest BCUT2D eigenvalue weighted by Gasteiger charge is -2.27. The predicted molar refractivity (Wildman–Crippen MR) is 85.4 cm³/mol. The number of pyridine rings is 1. The predicted octanol–water partition coefficient (Wildman–Crippen LogP) is -1.91. The van der Waals surface area contributed by atoms with E-state index in [0.29, 0.717) is 5.65 Å². The first-order valence-electron chi connectivity index (χ1n) is 7.11. The molecule has 13 heteroatoms.